The molecule has 0 aliphatic heterocycles. The van der Waals surface area contributed by atoms with Gasteiger partial charge < -0.3 is 9.09 Å². The number of halogens is 1. The first-order chi connectivity index (χ1) is 7.20. The fourth-order valence-corrected chi connectivity index (χ4v) is 1.22. The summed E-state index contributed by atoms with van der Waals surface area (Å²) in [7, 11) is 1.67. The molecule has 2 aromatic rings. The molecule has 2 heterocycles. The van der Waals surface area contributed by atoms with Crippen molar-refractivity contribution in [2.45, 2.75) is 5.88 Å². The lowest BCUT2D eigenvalue weighted by atomic mass is 10.2. The van der Waals surface area contributed by atoms with Crippen LogP contribution in [0.4, 0.5) is 0 Å². The Morgan fingerprint density at radius 1 is 1.60 bits per heavy atom. The molecular weight excluding hydrogens is 218 g/mol. The molecule has 0 spiro atoms. The standard InChI is InChI=1S/C9H8ClN3O2/c1-13-3-2-6(4-8(13)14)9-11-7(5-10)15-12-9/h2-4H,5H2,1H3. The van der Waals surface area contributed by atoms with E-state index >= 15 is 0 Å². The highest BCUT2D eigenvalue weighted by Gasteiger charge is 2.08. The summed E-state index contributed by atoms with van der Waals surface area (Å²) in [5.41, 5.74) is 0.503. The fraction of sp³-hybridized carbons (Fsp3) is 0.222. The van der Waals surface area contributed by atoms with E-state index < -0.39 is 0 Å². The quantitative estimate of drug-likeness (QED) is 0.720. The number of hydrogen-bond donors (Lipinski definition) is 0. The number of pyridine rings is 1. The third-order valence-corrected chi connectivity index (χ3v) is 2.17. The molecule has 0 aliphatic carbocycles. The van der Waals surface area contributed by atoms with Crippen LogP contribution >= 0.6 is 11.6 Å². The molecule has 0 unspecified atom stereocenters. The third-order valence-electron chi connectivity index (χ3n) is 1.94. The molecule has 0 saturated carbocycles. The molecule has 15 heavy (non-hydrogen) atoms. The van der Waals surface area contributed by atoms with Gasteiger partial charge in [-0.2, -0.15) is 4.98 Å². The van der Waals surface area contributed by atoms with Crippen molar-refractivity contribution >= 4 is 11.6 Å². The van der Waals surface area contributed by atoms with Crippen molar-refractivity contribution < 1.29 is 4.52 Å². The molecule has 0 radical (unpaired) electrons. The fourth-order valence-electron chi connectivity index (χ4n) is 1.11. The van der Waals surface area contributed by atoms with Gasteiger partial charge in [-0.3, -0.25) is 4.79 Å². The van der Waals surface area contributed by atoms with Crippen LogP contribution in [0.3, 0.4) is 0 Å². The average molecular weight is 226 g/mol. The van der Waals surface area contributed by atoms with Crippen LogP contribution in [-0.4, -0.2) is 14.7 Å². The van der Waals surface area contributed by atoms with E-state index in [0.29, 0.717) is 17.3 Å². The summed E-state index contributed by atoms with van der Waals surface area (Å²) in [6.07, 6.45) is 1.65. The lowest BCUT2D eigenvalue weighted by molar-refractivity contribution is 0.391. The molecule has 2 rings (SSSR count). The van der Waals surface area contributed by atoms with Gasteiger partial charge in [0.25, 0.3) is 5.56 Å². The summed E-state index contributed by atoms with van der Waals surface area (Å²) in [4.78, 5) is 15.4. The van der Waals surface area contributed by atoms with E-state index in [2.05, 4.69) is 10.1 Å². The van der Waals surface area contributed by atoms with Gasteiger partial charge in [-0.25, -0.2) is 0 Å². The maximum Gasteiger partial charge on any atom is 0.250 e. The molecule has 0 amide bonds. The normalized spacial score (nSPS) is 10.5. The first-order valence-corrected chi connectivity index (χ1v) is 4.80. The molecule has 0 bridgehead atoms. The van der Waals surface area contributed by atoms with Gasteiger partial charge in [0.15, 0.2) is 0 Å². The molecule has 0 fully saturated rings. The number of nitrogens with zero attached hydrogens (tertiary/aromatic N) is 3. The van der Waals surface area contributed by atoms with Crippen LogP contribution in [0.1, 0.15) is 5.89 Å². The van der Waals surface area contributed by atoms with Crippen molar-refractivity contribution in [3.05, 3.63) is 34.6 Å². The van der Waals surface area contributed by atoms with Crippen LogP contribution in [0.5, 0.6) is 0 Å². The number of hydrogen-bond acceptors (Lipinski definition) is 4. The molecule has 0 atom stereocenters. The second-order valence-electron chi connectivity index (χ2n) is 3.01. The lowest BCUT2D eigenvalue weighted by Gasteiger charge is -1.96. The summed E-state index contributed by atoms with van der Waals surface area (Å²) in [6.45, 7) is 0. The van der Waals surface area contributed by atoms with Crippen LogP contribution in [-0.2, 0) is 12.9 Å². The van der Waals surface area contributed by atoms with Gasteiger partial charge in [-0.05, 0) is 6.07 Å². The highest BCUT2D eigenvalue weighted by Crippen LogP contribution is 2.13. The van der Waals surface area contributed by atoms with E-state index in [1.54, 1.807) is 19.3 Å². The number of aromatic nitrogens is 3. The minimum Gasteiger partial charge on any atom is -0.338 e. The van der Waals surface area contributed by atoms with Gasteiger partial charge in [0, 0.05) is 24.9 Å². The summed E-state index contributed by atoms with van der Waals surface area (Å²) in [6, 6.07) is 3.19. The topological polar surface area (TPSA) is 60.9 Å². The molecule has 0 saturated heterocycles. The zero-order valence-corrected chi connectivity index (χ0v) is 8.73. The number of aryl methyl sites for hydroxylation is 1. The number of rotatable bonds is 2. The van der Waals surface area contributed by atoms with E-state index in [1.165, 1.54) is 10.6 Å². The van der Waals surface area contributed by atoms with Gasteiger partial charge in [-0.1, -0.05) is 5.16 Å². The second-order valence-corrected chi connectivity index (χ2v) is 3.28. The Balaban J connectivity index is 2.45. The van der Waals surface area contributed by atoms with Crippen LogP contribution in [0, 0.1) is 0 Å². The zero-order valence-electron chi connectivity index (χ0n) is 7.98. The molecule has 5 nitrogen and oxygen atoms in total. The molecular formula is C9H8ClN3O2. The Labute approximate surface area is 90.3 Å². The van der Waals surface area contributed by atoms with Crippen LogP contribution < -0.4 is 5.56 Å². The predicted octanol–water partition coefficient (Wildman–Crippen LogP) is 1.17. The summed E-state index contributed by atoms with van der Waals surface area (Å²) >= 11 is 5.52. The van der Waals surface area contributed by atoms with Crippen LogP contribution in [0.15, 0.2) is 27.6 Å². The van der Waals surface area contributed by atoms with Crippen LogP contribution in [0.2, 0.25) is 0 Å². The summed E-state index contributed by atoms with van der Waals surface area (Å²) in [5, 5.41) is 3.71. The first kappa shape index (κ1) is 9.92. The minimum atomic E-state index is -0.121. The molecule has 2 aromatic heterocycles. The molecule has 0 N–H and O–H groups in total. The third kappa shape index (κ3) is 1.92. The summed E-state index contributed by atoms with van der Waals surface area (Å²) in [5.74, 6) is 0.883. The minimum absolute atomic E-state index is 0.121. The van der Waals surface area contributed by atoms with Gasteiger partial charge >= 0.3 is 0 Å². The van der Waals surface area contributed by atoms with Gasteiger partial charge in [0.05, 0.1) is 0 Å². The van der Waals surface area contributed by atoms with Gasteiger partial charge in [0.2, 0.25) is 11.7 Å². The van der Waals surface area contributed by atoms with Crippen molar-refractivity contribution in [1.29, 1.82) is 0 Å². The number of alkyl halides is 1. The van der Waals surface area contributed by atoms with Crippen molar-refractivity contribution in [2.24, 2.45) is 7.05 Å². The van der Waals surface area contributed by atoms with Gasteiger partial charge in [-0.15, -0.1) is 11.6 Å². The molecule has 0 aliphatic rings. The van der Waals surface area contributed by atoms with Crippen molar-refractivity contribution in [3.63, 3.8) is 0 Å². The van der Waals surface area contributed by atoms with Crippen molar-refractivity contribution in [3.8, 4) is 11.4 Å². The maximum absolute atomic E-state index is 11.3. The Morgan fingerprint density at radius 3 is 3.00 bits per heavy atom. The van der Waals surface area contributed by atoms with Crippen molar-refractivity contribution in [1.82, 2.24) is 14.7 Å². The highest BCUT2D eigenvalue weighted by molar-refractivity contribution is 6.16. The van der Waals surface area contributed by atoms with Crippen LogP contribution in [0.25, 0.3) is 11.4 Å². The van der Waals surface area contributed by atoms with E-state index in [0.717, 1.165) is 0 Å². The Bertz CT molecular complexity index is 532. The Kier molecular flexibility index (Phi) is 2.55. The lowest BCUT2D eigenvalue weighted by Crippen LogP contribution is -2.14. The average Bonchev–Trinajstić information content (AvgIpc) is 2.70. The first-order valence-electron chi connectivity index (χ1n) is 4.26. The molecule has 78 valence electrons. The van der Waals surface area contributed by atoms with E-state index in [4.69, 9.17) is 16.1 Å². The molecule has 6 heteroatoms. The molecule has 0 aromatic carbocycles. The Hall–Kier alpha value is -1.62. The summed E-state index contributed by atoms with van der Waals surface area (Å²) < 4.78 is 6.30. The van der Waals surface area contributed by atoms with E-state index in [-0.39, 0.29) is 11.4 Å². The smallest absolute Gasteiger partial charge is 0.250 e. The monoisotopic (exact) mass is 225 g/mol. The SMILES string of the molecule is Cn1ccc(-c2noc(CCl)n2)cc1=O. The van der Waals surface area contributed by atoms with E-state index in [9.17, 15) is 4.79 Å². The highest BCUT2D eigenvalue weighted by atomic mass is 35.5. The largest absolute Gasteiger partial charge is 0.338 e. The Morgan fingerprint density at radius 2 is 2.40 bits per heavy atom. The van der Waals surface area contributed by atoms with Gasteiger partial charge in [0.1, 0.15) is 5.88 Å². The maximum atomic E-state index is 11.3. The van der Waals surface area contributed by atoms with E-state index in [1.807, 2.05) is 0 Å². The van der Waals surface area contributed by atoms with Crippen molar-refractivity contribution in [2.75, 3.05) is 0 Å². The zero-order chi connectivity index (χ0) is 10.8. The second kappa shape index (κ2) is 3.86. The predicted molar refractivity (Wildman–Crippen MR) is 54.5 cm³/mol.